The summed E-state index contributed by atoms with van der Waals surface area (Å²) >= 11 is 0. The SMILES string of the molecule is C[C@H](CC(=O)N[C@H](C)CC(=O)N[C@@H](CCCCNC(=O)OCc1ccccc1)C(=O)OCc1ccccc1)NC(=O)C[C@@H](C)NC(=O)C[C@@H](C)[NH3+].O=C([O-])C(F)(F)F. The molecule has 0 radical (unpaired) electrons. The van der Waals surface area contributed by atoms with E-state index in [4.69, 9.17) is 19.4 Å². The molecule has 322 valence electrons. The Hall–Kier alpha value is -5.72. The molecule has 0 heterocycles. The maximum Gasteiger partial charge on any atom is 0.430 e. The number of carbonyl (C=O) groups excluding carboxylic acids is 7. The fourth-order valence-electron chi connectivity index (χ4n) is 5.07. The molecule has 19 heteroatoms. The fraction of sp³-hybridized carbons (Fsp3) is 0.513. The van der Waals surface area contributed by atoms with E-state index in [0.29, 0.717) is 19.4 Å². The number of carbonyl (C=O) groups is 7. The zero-order chi connectivity index (χ0) is 43.7. The van der Waals surface area contributed by atoms with Gasteiger partial charge in [-0.3, -0.25) is 19.2 Å². The van der Waals surface area contributed by atoms with Gasteiger partial charge in [0.05, 0.1) is 12.5 Å². The number of ether oxygens (including phenoxy) is 2. The molecule has 0 aliphatic heterocycles. The van der Waals surface area contributed by atoms with Crippen LogP contribution >= 0.6 is 0 Å². The van der Waals surface area contributed by atoms with E-state index in [2.05, 4.69) is 32.3 Å². The predicted octanol–water partition coefficient (Wildman–Crippen LogP) is 1.31. The highest BCUT2D eigenvalue weighted by molar-refractivity contribution is 5.85. The summed E-state index contributed by atoms with van der Waals surface area (Å²) in [7, 11) is 0. The number of carboxylic acids is 1. The number of carboxylic acid groups (broad SMARTS) is 1. The Kier molecular flexibility index (Phi) is 23.4. The van der Waals surface area contributed by atoms with E-state index in [1.54, 1.807) is 20.8 Å². The van der Waals surface area contributed by atoms with Crippen LogP contribution in [0.25, 0.3) is 0 Å². The fourth-order valence-corrected chi connectivity index (χ4v) is 5.07. The highest BCUT2D eigenvalue weighted by Crippen LogP contribution is 2.12. The molecule has 0 saturated heterocycles. The van der Waals surface area contributed by atoms with Crippen LogP contribution in [0.5, 0.6) is 0 Å². The van der Waals surface area contributed by atoms with E-state index < -0.39 is 48.2 Å². The van der Waals surface area contributed by atoms with Crippen molar-refractivity contribution in [2.75, 3.05) is 6.54 Å². The molecule has 0 aliphatic carbocycles. The van der Waals surface area contributed by atoms with Crippen molar-refractivity contribution in [1.82, 2.24) is 26.6 Å². The van der Waals surface area contributed by atoms with Crippen LogP contribution in [0.15, 0.2) is 60.7 Å². The lowest BCUT2D eigenvalue weighted by atomic mass is 10.1. The van der Waals surface area contributed by atoms with Gasteiger partial charge in [0, 0.05) is 43.9 Å². The number of unbranched alkanes of at least 4 members (excludes halogenated alkanes) is 1. The lowest BCUT2D eigenvalue weighted by Crippen LogP contribution is -2.60. The Morgan fingerprint density at radius 3 is 1.45 bits per heavy atom. The van der Waals surface area contributed by atoms with Gasteiger partial charge in [-0.15, -0.1) is 0 Å². The average molecular weight is 825 g/mol. The molecule has 16 nitrogen and oxygen atoms in total. The molecule has 0 aliphatic rings. The van der Waals surface area contributed by atoms with Gasteiger partial charge >= 0.3 is 18.2 Å². The maximum absolute atomic E-state index is 13.0. The maximum atomic E-state index is 13.0. The lowest BCUT2D eigenvalue weighted by Gasteiger charge is -2.21. The molecule has 0 unspecified atom stereocenters. The molecule has 0 bridgehead atoms. The quantitative estimate of drug-likeness (QED) is 0.0734. The summed E-state index contributed by atoms with van der Waals surface area (Å²) in [6.07, 6.45) is -4.21. The molecule has 0 aromatic heterocycles. The molecule has 2 aromatic carbocycles. The predicted molar refractivity (Wildman–Crippen MR) is 201 cm³/mol. The van der Waals surface area contributed by atoms with Crippen molar-refractivity contribution >= 4 is 41.7 Å². The van der Waals surface area contributed by atoms with Crippen LogP contribution in [-0.4, -0.2) is 84.6 Å². The van der Waals surface area contributed by atoms with E-state index in [1.807, 2.05) is 67.6 Å². The van der Waals surface area contributed by atoms with Crippen LogP contribution in [0.4, 0.5) is 18.0 Å². The number of rotatable bonds is 22. The third kappa shape index (κ3) is 24.7. The second-order valence-corrected chi connectivity index (χ2v) is 13.8. The van der Waals surface area contributed by atoms with Crippen molar-refractivity contribution in [2.45, 2.75) is 122 Å². The summed E-state index contributed by atoms with van der Waals surface area (Å²) in [5.41, 5.74) is 5.46. The standard InChI is InChI=1S/C37H54N6O8.C2HF3O2/c1-25(38)19-32(44)40-26(2)20-33(45)41-27(3)21-34(46)42-28(4)22-35(47)43-31(36(48)50-23-29-13-7-5-8-14-29)17-11-12-18-39-37(49)51-24-30-15-9-6-10-16-30;3-2(4,5)1(6)7/h5-10,13-16,25-28,31H,11-12,17-24,38H2,1-4H3,(H,39,49)(H,40,44)(H,41,45)(H,42,46)(H,43,47);(H,6,7)/t25-,26-,27-,28-,31+;/m1./s1. The van der Waals surface area contributed by atoms with Crippen molar-refractivity contribution in [3.05, 3.63) is 71.8 Å². The van der Waals surface area contributed by atoms with E-state index in [1.165, 1.54) is 0 Å². The van der Waals surface area contributed by atoms with Crippen molar-refractivity contribution in [3.8, 4) is 0 Å². The van der Waals surface area contributed by atoms with Crippen LogP contribution in [0, 0.1) is 0 Å². The number of esters is 1. The summed E-state index contributed by atoms with van der Waals surface area (Å²) < 4.78 is 42.3. The number of alkyl carbamates (subject to hydrolysis) is 1. The molecule has 0 fully saturated rings. The van der Waals surface area contributed by atoms with E-state index >= 15 is 0 Å². The second kappa shape index (κ2) is 27.0. The number of alkyl halides is 3. The zero-order valence-electron chi connectivity index (χ0n) is 33.2. The van der Waals surface area contributed by atoms with Crippen molar-refractivity contribution in [3.63, 3.8) is 0 Å². The van der Waals surface area contributed by atoms with E-state index in [0.717, 1.165) is 11.1 Å². The minimum absolute atomic E-state index is 0.0142. The van der Waals surface area contributed by atoms with Crippen molar-refractivity contribution in [1.29, 1.82) is 0 Å². The van der Waals surface area contributed by atoms with E-state index in [-0.39, 0.29) is 75.1 Å². The minimum atomic E-state index is -5.19. The van der Waals surface area contributed by atoms with Gasteiger partial charge in [-0.05, 0) is 58.1 Å². The largest absolute Gasteiger partial charge is 0.542 e. The summed E-state index contributed by atoms with van der Waals surface area (Å²) in [6.45, 7) is 7.44. The molecule has 0 spiro atoms. The first-order valence-electron chi connectivity index (χ1n) is 18.7. The van der Waals surface area contributed by atoms with Gasteiger partial charge in [0.2, 0.25) is 23.6 Å². The van der Waals surface area contributed by atoms with Gasteiger partial charge < -0.3 is 51.7 Å². The highest BCUT2D eigenvalue weighted by Gasteiger charge is 2.29. The average Bonchev–Trinajstić information content (AvgIpc) is 3.12. The number of benzene rings is 2. The lowest BCUT2D eigenvalue weighted by molar-refractivity contribution is -0.412. The minimum Gasteiger partial charge on any atom is -0.542 e. The van der Waals surface area contributed by atoms with Gasteiger partial charge in [0.15, 0.2) is 0 Å². The van der Waals surface area contributed by atoms with Crippen molar-refractivity contribution in [2.24, 2.45) is 0 Å². The molecule has 2 rings (SSSR count). The molecule has 5 atom stereocenters. The van der Waals surface area contributed by atoms with Gasteiger partial charge in [-0.25, -0.2) is 9.59 Å². The number of hydrogen-bond donors (Lipinski definition) is 6. The number of quaternary nitrogens is 1. The smallest absolute Gasteiger partial charge is 0.430 e. The van der Waals surface area contributed by atoms with Crippen LogP contribution in [0.3, 0.4) is 0 Å². The Balaban J connectivity index is 0.00000219. The Bertz CT molecular complexity index is 1600. The van der Waals surface area contributed by atoms with Gasteiger partial charge in [0.25, 0.3) is 0 Å². The van der Waals surface area contributed by atoms with E-state index in [9.17, 15) is 41.9 Å². The third-order valence-corrected chi connectivity index (χ3v) is 7.71. The Morgan fingerprint density at radius 2 is 1.03 bits per heavy atom. The number of amides is 5. The molecule has 2 aromatic rings. The van der Waals surface area contributed by atoms with Crippen LogP contribution in [-0.2, 0) is 51.5 Å². The molecular weight excluding hydrogens is 769 g/mol. The van der Waals surface area contributed by atoms with Gasteiger partial charge in [-0.1, -0.05) is 60.7 Å². The number of hydrogen-bond acceptors (Lipinski definition) is 10. The van der Waals surface area contributed by atoms with Crippen LogP contribution in [0.2, 0.25) is 0 Å². The zero-order valence-corrected chi connectivity index (χ0v) is 33.2. The summed E-state index contributed by atoms with van der Waals surface area (Å²) in [5, 5.41) is 22.5. The third-order valence-electron chi connectivity index (χ3n) is 7.71. The first-order valence-corrected chi connectivity index (χ1v) is 18.7. The van der Waals surface area contributed by atoms with Gasteiger partial charge in [-0.2, -0.15) is 13.2 Å². The number of nitrogens with one attached hydrogen (secondary N) is 5. The molecular formula is C39H55F3N6O10. The first kappa shape index (κ1) is 50.3. The van der Waals surface area contributed by atoms with Crippen LogP contribution in [0.1, 0.15) is 83.8 Å². The Labute approximate surface area is 335 Å². The number of aliphatic carboxylic acids is 1. The topological polar surface area (TPSA) is 249 Å². The van der Waals surface area contributed by atoms with Crippen LogP contribution < -0.4 is 37.4 Å². The summed E-state index contributed by atoms with van der Waals surface area (Å²) in [5.74, 6) is -4.88. The van der Waals surface area contributed by atoms with Gasteiger partial charge in [0.1, 0.15) is 25.2 Å². The molecule has 5 amide bonds. The number of halogens is 3. The molecule has 58 heavy (non-hydrogen) atoms. The second-order valence-electron chi connectivity index (χ2n) is 13.8. The highest BCUT2D eigenvalue weighted by atomic mass is 19.4. The summed E-state index contributed by atoms with van der Waals surface area (Å²) in [6, 6.07) is 16.1. The Morgan fingerprint density at radius 1 is 0.638 bits per heavy atom. The van der Waals surface area contributed by atoms with Crippen molar-refractivity contribution < 1.29 is 67.0 Å². The molecule has 8 N–H and O–H groups in total. The monoisotopic (exact) mass is 824 g/mol. The molecule has 0 saturated carbocycles. The normalized spacial score (nSPS) is 13.4. The first-order chi connectivity index (χ1) is 27.2. The summed E-state index contributed by atoms with van der Waals surface area (Å²) in [4.78, 5) is 83.8.